The lowest BCUT2D eigenvalue weighted by Crippen LogP contribution is -2.54. The fourth-order valence-corrected chi connectivity index (χ4v) is 8.24. The molecule has 166 valence electrons. The van der Waals surface area contributed by atoms with Gasteiger partial charge >= 0.3 is 0 Å². The van der Waals surface area contributed by atoms with Crippen LogP contribution in [0.2, 0.25) is 0 Å². The first-order valence-electron chi connectivity index (χ1n) is 10.4. The van der Waals surface area contributed by atoms with Crippen molar-refractivity contribution in [1.82, 2.24) is 14.5 Å². The molecule has 0 bridgehead atoms. The minimum Gasteiger partial charge on any atom is -0.349 e. The van der Waals surface area contributed by atoms with Crippen LogP contribution in [0.1, 0.15) is 30.9 Å². The second kappa shape index (κ2) is 7.89. The number of nitrogens with zero attached hydrogens (tertiary/aromatic N) is 2. The molecule has 1 N–H and O–H groups in total. The summed E-state index contributed by atoms with van der Waals surface area (Å²) >= 11 is 0. The summed E-state index contributed by atoms with van der Waals surface area (Å²) in [7, 11) is -6.63. The highest BCUT2D eigenvalue weighted by Gasteiger charge is 2.39. The van der Waals surface area contributed by atoms with Crippen LogP contribution in [0.25, 0.3) is 0 Å². The van der Waals surface area contributed by atoms with Crippen LogP contribution < -0.4 is 5.32 Å². The Balaban J connectivity index is 1.32. The third-order valence-electron chi connectivity index (χ3n) is 6.35. The van der Waals surface area contributed by atoms with Gasteiger partial charge in [0, 0.05) is 26.2 Å². The highest BCUT2D eigenvalue weighted by Crippen LogP contribution is 2.27. The molecule has 0 spiro atoms. The number of nitrogens with one attached hydrogen (secondary N) is 1. The number of amides is 1. The first-order valence-corrected chi connectivity index (χ1v) is 13.7. The van der Waals surface area contributed by atoms with E-state index in [1.807, 2.05) is 17.0 Å². The lowest BCUT2D eigenvalue weighted by Gasteiger charge is -2.34. The largest absolute Gasteiger partial charge is 0.349 e. The van der Waals surface area contributed by atoms with E-state index in [0.29, 0.717) is 37.5 Å². The quantitative estimate of drug-likeness (QED) is 0.679. The summed E-state index contributed by atoms with van der Waals surface area (Å²) in [6.45, 7) is 3.49. The molecule has 4 rings (SSSR count). The molecule has 3 aliphatic rings. The summed E-state index contributed by atoms with van der Waals surface area (Å²) in [4.78, 5) is 14.7. The predicted molar refractivity (Wildman–Crippen MR) is 113 cm³/mol. The van der Waals surface area contributed by atoms with Crippen LogP contribution in [0.3, 0.4) is 0 Å². The van der Waals surface area contributed by atoms with Crippen LogP contribution >= 0.6 is 0 Å². The number of aryl methyl sites for hydroxylation is 2. The van der Waals surface area contributed by atoms with Crippen LogP contribution in [-0.2, 0) is 37.5 Å². The summed E-state index contributed by atoms with van der Waals surface area (Å²) in [5.74, 6) is -0.147. The molecule has 1 amide bonds. The third kappa shape index (κ3) is 4.56. The van der Waals surface area contributed by atoms with Gasteiger partial charge in [-0.15, -0.1) is 0 Å². The zero-order valence-electron chi connectivity index (χ0n) is 17.3. The highest BCUT2D eigenvalue weighted by molar-refractivity contribution is 7.91. The minimum absolute atomic E-state index is 0.0292. The summed E-state index contributed by atoms with van der Waals surface area (Å²) in [6.07, 6.45) is 3.45. The minimum atomic E-state index is -3.54. The van der Waals surface area contributed by atoms with Crippen molar-refractivity contribution in [3.05, 3.63) is 29.3 Å². The average molecular weight is 456 g/mol. The Kier molecular flexibility index (Phi) is 5.71. The maximum atomic E-state index is 13.0. The molecule has 1 aliphatic carbocycles. The SMILES string of the molecule is CC1(NC(=O)CN2CCN(S(=O)(=O)c3ccc4c(c3)CCC4)CC2)CCS(=O)(=O)C1. The summed E-state index contributed by atoms with van der Waals surface area (Å²) in [5.41, 5.74) is 1.66. The van der Waals surface area contributed by atoms with Crippen molar-refractivity contribution in [2.24, 2.45) is 0 Å². The average Bonchev–Trinajstić information content (AvgIpc) is 3.24. The van der Waals surface area contributed by atoms with Crippen LogP contribution in [0.4, 0.5) is 0 Å². The Hall–Kier alpha value is -1.49. The van der Waals surface area contributed by atoms with Gasteiger partial charge in [0.15, 0.2) is 9.84 Å². The zero-order chi connectivity index (χ0) is 21.6. The topological polar surface area (TPSA) is 104 Å². The van der Waals surface area contributed by atoms with E-state index in [2.05, 4.69) is 5.32 Å². The summed E-state index contributed by atoms with van der Waals surface area (Å²) in [5, 5.41) is 2.86. The lowest BCUT2D eigenvalue weighted by molar-refractivity contribution is -0.124. The second-order valence-corrected chi connectivity index (χ2v) is 13.0. The summed E-state index contributed by atoms with van der Waals surface area (Å²) in [6, 6.07) is 5.45. The zero-order valence-corrected chi connectivity index (χ0v) is 18.9. The Morgan fingerprint density at radius 2 is 1.83 bits per heavy atom. The number of sulfonamides is 1. The van der Waals surface area contributed by atoms with E-state index in [1.165, 1.54) is 9.87 Å². The standard InChI is InChI=1S/C20H29N3O5S2/c1-20(7-12-29(25,26)15-20)21-19(24)14-22-8-10-23(11-9-22)30(27,28)18-6-5-16-3-2-4-17(16)13-18/h5-6,13H,2-4,7-12,14-15H2,1H3,(H,21,24). The van der Waals surface area contributed by atoms with Gasteiger partial charge in [0.2, 0.25) is 15.9 Å². The van der Waals surface area contributed by atoms with E-state index in [9.17, 15) is 21.6 Å². The molecule has 1 atom stereocenters. The molecular formula is C20H29N3O5S2. The number of carbonyl (C=O) groups is 1. The maximum absolute atomic E-state index is 13.0. The van der Waals surface area contributed by atoms with Gasteiger partial charge in [0.25, 0.3) is 0 Å². The van der Waals surface area contributed by atoms with Crippen LogP contribution in [0, 0.1) is 0 Å². The van der Waals surface area contributed by atoms with Crippen LogP contribution in [0.5, 0.6) is 0 Å². The number of carbonyl (C=O) groups excluding carboxylic acids is 1. The van der Waals surface area contributed by atoms with Gasteiger partial charge in [-0.2, -0.15) is 4.31 Å². The van der Waals surface area contributed by atoms with Crippen molar-refractivity contribution in [1.29, 1.82) is 0 Å². The number of fused-ring (bicyclic) bond motifs is 1. The molecule has 1 aromatic carbocycles. The molecule has 30 heavy (non-hydrogen) atoms. The van der Waals surface area contributed by atoms with Crippen molar-refractivity contribution in [2.45, 2.75) is 43.0 Å². The third-order valence-corrected chi connectivity index (χ3v) is 10.1. The molecule has 1 aromatic rings. The van der Waals surface area contributed by atoms with Crippen molar-refractivity contribution >= 4 is 25.8 Å². The van der Waals surface area contributed by atoms with Crippen LogP contribution in [0.15, 0.2) is 23.1 Å². The van der Waals surface area contributed by atoms with E-state index in [0.717, 1.165) is 24.8 Å². The van der Waals surface area contributed by atoms with Gasteiger partial charge < -0.3 is 5.32 Å². The summed E-state index contributed by atoms with van der Waals surface area (Å²) < 4.78 is 50.9. The molecule has 0 aromatic heterocycles. The number of hydrogen-bond donors (Lipinski definition) is 1. The molecule has 2 fully saturated rings. The first kappa shape index (κ1) is 21.7. The van der Waals surface area contributed by atoms with E-state index < -0.39 is 25.4 Å². The van der Waals surface area contributed by atoms with E-state index >= 15 is 0 Å². The lowest BCUT2D eigenvalue weighted by atomic mass is 10.0. The maximum Gasteiger partial charge on any atom is 0.243 e. The van der Waals surface area contributed by atoms with Gasteiger partial charge in [-0.05, 0) is 55.9 Å². The number of sulfone groups is 1. The van der Waals surface area contributed by atoms with Gasteiger partial charge in [-0.25, -0.2) is 16.8 Å². The van der Waals surface area contributed by atoms with Gasteiger partial charge in [0.1, 0.15) is 0 Å². The smallest absolute Gasteiger partial charge is 0.243 e. The number of piperazine rings is 1. The Morgan fingerprint density at radius 1 is 1.13 bits per heavy atom. The normalized spacial score (nSPS) is 27.1. The van der Waals surface area contributed by atoms with Gasteiger partial charge in [-0.3, -0.25) is 9.69 Å². The Bertz CT molecular complexity index is 1050. The Labute approximate surface area is 178 Å². The molecule has 10 heteroatoms. The molecule has 8 nitrogen and oxygen atoms in total. The number of rotatable bonds is 5. The van der Waals surface area contributed by atoms with Crippen molar-refractivity contribution in [3.8, 4) is 0 Å². The van der Waals surface area contributed by atoms with Gasteiger partial charge in [-0.1, -0.05) is 6.07 Å². The van der Waals surface area contributed by atoms with Gasteiger partial charge in [0.05, 0.1) is 28.5 Å². The van der Waals surface area contributed by atoms with E-state index in [4.69, 9.17) is 0 Å². The molecular weight excluding hydrogens is 426 g/mol. The molecule has 2 aliphatic heterocycles. The van der Waals surface area contributed by atoms with Crippen molar-refractivity contribution < 1.29 is 21.6 Å². The van der Waals surface area contributed by atoms with Crippen molar-refractivity contribution in [3.63, 3.8) is 0 Å². The molecule has 1 unspecified atom stereocenters. The first-order chi connectivity index (χ1) is 14.1. The van der Waals surface area contributed by atoms with E-state index in [-0.39, 0.29) is 24.0 Å². The fourth-order valence-electron chi connectivity index (χ4n) is 4.67. The predicted octanol–water partition coefficient (Wildman–Crippen LogP) is 0.175. The number of hydrogen-bond acceptors (Lipinski definition) is 6. The van der Waals surface area contributed by atoms with Crippen molar-refractivity contribution in [2.75, 3.05) is 44.2 Å². The molecule has 0 radical (unpaired) electrons. The Morgan fingerprint density at radius 3 is 2.50 bits per heavy atom. The molecule has 2 saturated heterocycles. The highest BCUT2D eigenvalue weighted by atomic mass is 32.2. The fraction of sp³-hybridized carbons (Fsp3) is 0.650. The van der Waals surface area contributed by atoms with E-state index in [1.54, 1.807) is 13.0 Å². The number of benzene rings is 1. The van der Waals surface area contributed by atoms with Crippen LogP contribution in [-0.4, -0.2) is 81.7 Å². The monoisotopic (exact) mass is 455 g/mol. The second-order valence-electron chi connectivity index (χ2n) is 8.92. The molecule has 0 saturated carbocycles. The molecule has 2 heterocycles.